The Hall–Kier alpha value is -1.44. The Labute approximate surface area is 96.9 Å². The molecule has 0 fully saturated rings. The Balaban J connectivity index is 2.52. The average Bonchev–Trinajstić information content (AvgIpc) is 2.26. The van der Waals surface area contributed by atoms with Crippen molar-refractivity contribution in [3.63, 3.8) is 0 Å². The molecule has 0 aliphatic carbocycles. The Morgan fingerprint density at radius 2 is 2.31 bits per heavy atom. The smallest absolute Gasteiger partial charge is 0.144 e. The summed E-state index contributed by atoms with van der Waals surface area (Å²) in [7, 11) is 4.09. The highest BCUT2D eigenvalue weighted by molar-refractivity contribution is 5.30. The molecule has 4 nitrogen and oxygen atoms in total. The molecule has 0 radical (unpaired) electrons. The lowest BCUT2D eigenvalue weighted by Crippen LogP contribution is -2.35. The number of rotatable bonds is 5. The van der Waals surface area contributed by atoms with E-state index in [9.17, 15) is 0 Å². The highest BCUT2D eigenvalue weighted by Gasteiger charge is 2.05. The first-order chi connectivity index (χ1) is 7.63. The lowest BCUT2D eigenvalue weighted by Gasteiger charge is -2.18. The van der Waals surface area contributed by atoms with Crippen molar-refractivity contribution in [2.24, 2.45) is 0 Å². The highest BCUT2D eigenvalue weighted by Crippen LogP contribution is 2.03. The van der Waals surface area contributed by atoms with Crippen molar-refractivity contribution in [3.8, 4) is 6.07 Å². The topological polar surface area (TPSA) is 52.0 Å². The van der Waals surface area contributed by atoms with Gasteiger partial charge in [-0.15, -0.1) is 0 Å². The van der Waals surface area contributed by atoms with E-state index in [1.54, 1.807) is 6.20 Å². The Morgan fingerprint density at radius 1 is 1.56 bits per heavy atom. The lowest BCUT2D eigenvalue weighted by atomic mass is 10.2. The van der Waals surface area contributed by atoms with Crippen LogP contribution in [0.4, 0.5) is 0 Å². The van der Waals surface area contributed by atoms with Crippen molar-refractivity contribution in [1.82, 2.24) is 15.2 Å². The number of nitrogens with zero attached hydrogens (tertiary/aromatic N) is 3. The van der Waals surface area contributed by atoms with Gasteiger partial charge in [-0.3, -0.25) is 0 Å². The normalized spacial score (nSPS) is 12.4. The summed E-state index contributed by atoms with van der Waals surface area (Å²) in [6.07, 6.45) is 1.64. The zero-order chi connectivity index (χ0) is 12.0. The van der Waals surface area contributed by atoms with Crippen molar-refractivity contribution in [3.05, 3.63) is 29.6 Å². The zero-order valence-electron chi connectivity index (χ0n) is 10.1. The summed E-state index contributed by atoms with van der Waals surface area (Å²) in [6.45, 7) is 3.79. The van der Waals surface area contributed by atoms with Crippen LogP contribution in [0.15, 0.2) is 18.3 Å². The molecule has 16 heavy (non-hydrogen) atoms. The predicted molar refractivity (Wildman–Crippen MR) is 63.8 cm³/mol. The summed E-state index contributed by atoms with van der Waals surface area (Å²) in [4.78, 5) is 6.16. The van der Waals surface area contributed by atoms with Crippen molar-refractivity contribution in [2.75, 3.05) is 20.6 Å². The Bertz CT molecular complexity index is 368. The minimum Gasteiger partial charge on any atom is -0.309 e. The van der Waals surface area contributed by atoms with E-state index in [2.05, 4.69) is 28.2 Å². The summed E-state index contributed by atoms with van der Waals surface area (Å²) >= 11 is 0. The van der Waals surface area contributed by atoms with Gasteiger partial charge in [0.15, 0.2) is 0 Å². The minimum atomic E-state index is 0.391. The molecule has 1 aromatic rings. The molecule has 1 aromatic heterocycles. The quantitative estimate of drug-likeness (QED) is 0.801. The van der Waals surface area contributed by atoms with E-state index in [0.717, 1.165) is 12.1 Å². The number of likely N-dealkylation sites (N-methyl/N-ethyl adjacent to an activating group) is 1. The molecule has 0 spiro atoms. The molecule has 0 aromatic carbocycles. The third kappa shape index (κ3) is 3.97. The van der Waals surface area contributed by atoms with Gasteiger partial charge >= 0.3 is 0 Å². The fourth-order valence-corrected chi connectivity index (χ4v) is 1.58. The van der Waals surface area contributed by atoms with Gasteiger partial charge < -0.3 is 10.2 Å². The summed E-state index contributed by atoms with van der Waals surface area (Å²) in [5.74, 6) is 0. The van der Waals surface area contributed by atoms with Crippen LogP contribution < -0.4 is 5.32 Å². The van der Waals surface area contributed by atoms with Crippen LogP contribution in [0.5, 0.6) is 0 Å². The van der Waals surface area contributed by atoms with Gasteiger partial charge in [-0.05, 0) is 27.1 Å². The van der Waals surface area contributed by atoms with Gasteiger partial charge in [-0.2, -0.15) is 5.26 Å². The second-order valence-electron chi connectivity index (χ2n) is 4.17. The summed E-state index contributed by atoms with van der Waals surface area (Å²) in [5, 5.41) is 12.3. The molecule has 1 unspecified atom stereocenters. The van der Waals surface area contributed by atoms with E-state index in [1.165, 1.54) is 0 Å². The van der Waals surface area contributed by atoms with E-state index in [0.29, 0.717) is 18.3 Å². The van der Waals surface area contributed by atoms with Gasteiger partial charge in [0, 0.05) is 30.9 Å². The fourth-order valence-electron chi connectivity index (χ4n) is 1.58. The summed E-state index contributed by atoms with van der Waals surface area (Å²) in [6, 6.07) is 6.28. The number of pyridine rings is 1. The minimum absolute atomic E-state index is 0.391. The first-order valence-corrected chi connectivity index (χ1v) is 5.35. The lowest BCUT2D eigenvalue weighted by molar-refractivity contribution is 0.349. The zero-order valence-corrected chi connectivity index (χ0v) is 10.1. The van der Waals surface area contributed by atoms with Gasteiger partial charge in [-0.25, -0.2) is 4.98 Å². The Morgan fingerprint density at radius 3 is 2.94 bits per heavy atom. The van der Waals surface area contributed by atoms with Crippen LogP contribution in [0.2, 0.25) is 0 Å². The number of hydrogen-bond acceptors (Lipinski definition) is 4. The molecule has 0 aliphatic heterocycles. The number of nitrogens with one attached hydrogen (secondary N) is 1. The van der Waals surface area contributed by atoms with E-state index in [1.807, 2.05) is 26.2 Å². The molecule has 4 heteroatoms. The van der Waals surface area contributed by atoms with Crippen LogP contribution in [-0.2, 0) is 6.54 Å². The monoisotopic (exact) mass is 218 g/mol. The maximum Gasteiger partial charge on any atom is 0.144 e. The molecule has 1 heterocycles. The maximum absolute atomic E-state index is 8.88. The van der Waals surface area contributed by atoms with Gasteiger partial charge in [-0.1, -0.05) is 6.07 Å². The predicted octanol–water partition coefficient (Wildman–Crippen LogP) is 0.993. The van der Waals surface area contributed by atoms with Crippen LogP contribution >= 0.6 is 0 Å². The molecule has 0 saturated carbocycles. The second kappa shape index (κ2) is 6.21. The van der Waals surface area contributed by atoms with Crippen molar-refractivity contribution in [1.29, 1.82) is 5.26 Å². The molecule has 1 N–H and O–H groups in total. The molecule has 0 aliphatic rings. The largest absolute Gasteiger partial charge is 0.309 e. The first-order valence-electron chi connectivity index (χ1n) is 5.35. The summed E-state index contributed by atoms with van der Waals surface area (Å²) in [5.41, 5.74) is 1.46. The molecular weight excluding hydrogens is 200 g/mol. The molecule has 1 atom stereocenters. The van der Waals surface area contributed by atoms with Crippen LogP contribution in [0.1, 0.15) is 18.2 Å². The van der Waals surface area contributed by atoms with Crippen LogP contribution in [0, 0.1) is 11.3 Å². The summed E-state index contributed by atoms with van der Waals surface area (Å²) < 4.78 is 0. The van der Waals surface area contributed by atoms with E-state index < -0.39 is 0 Å². The van der Waals surface area contributed by atoms with Crippen molar-refractivity contribution < 1.29 is 0 Å². The molecule has 1 rings (SSSR count). The number of hydrogen-bond donors (Lipinski definition) is 1. The molecule has 86 valence electrons. The second-order valence-corrected chi connectivity index (χ2v) is 4.17. The average molecular weight is 218 g/mol. The molecule has 0 saturated heterocycles. The van der Waals surface area contributed by atoms with Crippen molar-refractivity contribution >= 4 is 0 Å². The highest BCUT2D eigenvalue weighted by atomic mass is 15.1. The molecule has 0 amide bonds. The van der Waals surface area contributed by atoms with Crippen LogP contribution in [-0.4, -0.2) is 36.6 Å². The number of aromatic nitrogens is 1. The SMILES string of the molecule is CC(CN(C)C)NCc1cccnc1C#N. The number of nitriles is 1. The van der Waals surface area contributed by atoms with Crippen LogP contribution in [0.25, 0.3) is 0 Å². The molecular formula is C12H18N4. The van der Waals surface area contributed by atoms with Crippen molar-refractivity contribution in [2.45, 2.75) is 19.5 Å². The van der Waals surface area contributed by atoms with Crippen LogP contribution in [0.3, 0.4) is 0 Å². The third-order valence-electron chi connectivity index (χ3n) is 2.28. The fraction of sp³-hybridized carbons (Fsp3) is 0.500. The maximum atomic E-state index is 8.88. The standard InChI is InChI=1S/C12H18N4/c1-10(9-16(2)3)15-8-11-5-4-6-14-12(11)7-13/h4-6,10,15H,8-9H2,1-3H3. The van der Waals surface area contributed by atoms with E-state index in [4.69, 9.17) is 5.26 Å². The van der Waals surface area contributed by atoms with Gasteiger partial charge in [0.25, 0.3) is 0 Å². The Kier molecular flexibility index (Phi) is 4.90. The van der Waals surface area contributed by atoms with Gasteiger partial charge in [0.1, 0.15) is 11.8 Å². The van der Waals surface area contributed by atoms with Gasteiger partial charge in [0.05, 0.1) is 0 Å². The molecule has 0 bridgehead atoms. The van der Waals surface area contributed by atoms with E-state index in [-0.39, 0.29) is 0 Å². The van der Waals surface area contributed by atoms with E-state index >= 15 is 0 Å². The first kappa shape index (κ1) is 12.6. The third-order valence-corrected chi connectivity index (χ3v) is 2.28. The van der Waals surface area contributed by atoms with Gasteiger partial charge in [0.2, 0.25) is 0 Å².